The van der Waals surface area contributed by atoms with Crippen LogP contribution in [0.15, 0.2) is 36.4 Å². The molecule has 0 amide bonds. The zero-order chi connectivity index (χ0) is 33.9. The van der Waals surface area contributed by atoms with Gasteiger partial charge in [-0.25, -0.2) is 22.4 Å². The maximum Gasteiger partial charge on any atom is 0.534 e. The number of rotatable bonds is 4. The summed E-state index contributed by atoms with van der Waals surface area (Å²) in [6, 6.07) is 3.89. The van der Waals surface area contributed by atoms with E-state index in [4.69, 9.17) is 4.74 Å². The number of carbonyl (C=O) groups is 1. The number of hydrogen-bond acceptors (Lipinski definition) is 8. The Morgan fingerprint density at radius 2 is 1.04 bits per heavy atom. The van der Waals surface area contributed by atoms with Crippen LogP contribution in [0.4, 0.5) is 43.9 Å². The number of hydrogen-bond donors (Lipinski definition) is 0. The average molecular weight is 694 g/mol. The molecule has 0 saturated heterocycles. The van der Waals surface area contributed by atoms with E-state index in [-0.39, 0.29) is 0 Å². The van der Waals surface area contributed by atoms with E-state index in [1.54, 1.807) is 0 Å². The number of alkyl halides is 6. The monoisotopic (exact) mass is 694 g/mol. The number of ether oxygens (including phenoxy) is 1. The van der Waals surface area contributed by atoms with Gasteiger partial charge in [-0.2, -0.15) is 43.2 Å². The zero-order valence-electron chi connectivity index (χ0n) is 21.8. The van der Waals surface area contributed by atoms with Crippen LogP contribution in [0.25, 0.3) is 0 Å². The molecule has 242 valence electrons. The molecule has 0 aromatic heterocycles. The second-order valence-electron chi connectivity index (χ2n) is 10.1. The van der Waals surface area contributed by atoms with Crippen LogP contribution in [0.5, 0.6) is 11.5 Å². The minimum Gasteiger partial charge on any atom is -0.440 e. The number of esters is 1. The van der Waals surface area contributed by atoms with Crippen molar-refractivity contribution in [3.63, 3.8) is 0 Å². The highest BCUT2D eigenvalue weighted by molar-refractivity contribution is 7.88. The maximum absolute atomic E-state index is 15.5. The fourth-order valence-electron chi connectivity index (χ4n) is 5.21. The third kappa shape index (κ3) is 4.50. The molecule has 0 fully saturated rings. The van der Waals surface area contributed by atoms with Crippen molar-refractivity contribution in [1.29, 1.82) is 0 Å². The topological polar surface area (TPSA) is 113 Å². The van der Waals surface area contributed by atoms with Gasteiger partial charge in [-0.15, -0.1) is 0 Å². The van der Waals surface area contributed by atoms with Crippen LogP contribution in [0.3, 0.4) is 0 Å². The Morgan fingerprint density at radius 1 is 0.644 bits per heavy atom. The SMILES string of the molecule is CC1(C)c2cc(OS(=O)(=O)C(F)(F)F)ccc2C2(OC(=O)c3c(F)c(F)c(F)c(F)c32)c2ccc(OS(=O)(=O)C(F)(F)F)cc21. The molecule has 3 aromatic carbocycles. The van der Waals surface area contributed by atoms with E-state index in [2.05, 4.69) is 8.37 Å². The summed E-state index contributed by atoms with van der Waals surface area (Å²) in [5.41, 5.74) is -21.0. The van der Waals surface area contributed by atoms with Gasteiger partial charge in [-0.3, -0.25) is 0 Å². The van der Waals surface area contributed by atoms with Crippen molar-refractivity contribution in [2.24, 2.45) is 0 Å². The van der Waals surface area contributed by atoms with Crippen molar-refractivity contribution >= 4 is 26.2 Å². The molecule has 0 saturated carbocycles. The van der Waals surface area contributed by atoms with E-state index in [1.807, 2.05) is 0 Å². The average Bonchev–Trinajstić information content (AvgIpc) is 3.21. The van der Waals surface area contributed by atoms with E-state index in [1.165, 1.54) is 13.8 Å². The minimum absolute atomic E-state index is 0.425. The Balaban J connectivity index is 1.87. The Labute approximate surface area is 245 Å². The molecule has 45 heavy (non-hydrogen) atoms. The molecule has 0 radical (unpaired) electrons. The van der Waals surface area contributed by atoms with Crippen molar-refractivity contribution in [3.05, 3.63) is 93.0 Å². The molecule has 1 heterocycles. The number of halogens is 10. The molecule has 2 aliphatic rings. The third-order valence-corrected chi connectivity index (χ3v) is 9.09. The molecule has 8 nitrogen and oxygen atoms in total. The molecule has 1 spiro atoms. The van der Waals surface area contributed by atoms with Crippen LogP contribution >= 0.6 is 0 Å². The normalized spacial score (nSPS) is 16.9. The molecule has 20 heteroatoms. The first kappa shape index (κ1) is 32.3. The van der Waals surface area contributed by atoms with Crippen molar-refractivity contribution in [2.75, 3.05) is 0 Å². The van der Waals surface area contributed by atoms with Gasteiger partial charge in [0.2, 0.25) is 0 Å². The molecule has 0 atom stereocenters. The number of fused-ring (bicyclic) bond motifs is 6. The minimum atomic E-state index is -6.30. The van der Waals surface area contributed by atoms with Gasteiger partial charge in [0.25, 0.3) is 0 Å². The lowest BCUT2D eigenvalue weighted by Gasteiger charge is -2.44. The summed E-state index contributed by atoms with van der Waals surface area (Å²) in [6.07, 6.45) is 0. The van der Waals surface area contributed by atoms with E-state index in [0.29, 0.717) is 24.3 Å². The summed E-state index contributed by atoms with van der Waals surface area (Å²) < 4.78 is 198. The maximum atomic E-state index is 15.5. The van der Waals surface area contributed by atoms with E-state index in [0.717, 1.165) is 12.1 Å². The summed E-state index contributed by atoms with van der Waals surface area (Å²) in [5, 5.41) is 0. The van der Waals surface area contributed by atoms with Gasteiger partial charge in [0.1, 0.15) is 17.1 Å². The summed E-state index contributed by atoms with van der Waals surface area (Å²) in [4.78, 5) is 12.9. The van der Waals surface area contributed by atoms with Gasteiger partial charge < -0.3 is 13.1 Å². The van der Waals surface area contributed by atoms with E-state index in [9.17, 15) is 61.1 Å². The number of benzene rings is 3. The van der Waals surface area contributed by atoms with Crippen LogP contribution in [0.2, 0.25) is 0 Å². The standard InChI is InChI=1S/C25H12F10O8S2/c1-22(2)13-7-9(42-44(37,38)24(30,31)32)3-5-11(13)23(16-15(21(36)41-23)17(26)19(28)20(29)18(16)27)12-6-4-10(8-14(12)22)43-45(39,40)25(33,34)35/h3-8H,1-2H3. The van der Waals surface area contributed by atoms with Crippen LogP contribution < -0.4 is 8.37 Å². The molecule has 3 aromatic rings. The first-order chi connectivity index (χ1) is 20.4. The lowest BCUT2D eigenvalue weighted by Crippen LogP contribution is -2.42. The van der Waals surface area contributed by atoms with Crippen molar-refractivity contribution in [1.82, 2.24) is 0 Å². The second kappa shape index (κ2) is 9.47. The molecular formula is C25H12F10O8S2. The molecule has 1 aliphatic carbocycles. The van der Waals surface area contributed by atoms with Crippen LogP contribution in [-0.4, -0.2) is 33.8 Å². The van der Waals surface area contributed by atoms with Crippen LogP contribution in [-0.2, 0) is 36.0 Å². The Hall–Kier alpha value is -4.07. The van der Waals surface area contributed by atoms with Gasteiger partial charge in [0, 0.05) is 16.5 Å². The molecule has 5 rings (SSSR count). The first-order valence-corrected chi connectivity index (χ1v) is 14.6. The quantitative estimate of drug-likeness (QED) is 0.0842. The van der Waals surface area contributed by atoms with Crippen molar-refractivity contribution in [2.45, 2.75) is 35.9 Å². The third-order valence-electron chi connectivity index (χ3n) is 7.14. The highest BCUT2D eigenvalue weighted by atomic mass is 32.2. The van der Waals surface area contributed by atoms with Gasteiger partial charge in [0.15, 0.2) is 28.9 Å². The number of carbonyl (C=O) groups excluding carboxylic acids is 1. The smallest absolute Gasteiger partial charge is 0.440 e. The first-order valence-electron chi connectivity index (χ1n) is 11.8. The Morgan fingerprint density at radius 3 is 1.44 bits per heavy atom. The summed E-state index contributed by atoms with van der Waals surface area (Å²) in [5.74, 6) is -13.1. The van der Waals surface area contributed by atoms with E-state index < -0.39 is 116 Å². The van der Waals surface area contributed by atoms with Crippen LogP contribution in [0, 0.1) is 23.3 Å². The summed E-state index contributed by atoms with van der Waals surface area (Å²) in [7, 11) is -12.6. The highest BCUT2D eigenvalue weighted by Crippen LogP contribution is 2.59. The molecular weight excluding hydrogens is 682 g/mol. The van der Waals surface area contributed by atoms with Gasteiger partial charge in [0.05, 0.1) is 5.56 Å². The highest BCUT2D eigenvalue weighted by Gasteiger charge is 2.59. The lowest BCUT2D eigenvalue weighted by molar-refractivity contribution is -0.0504. The van der Waals surface area contributed by atoms with Gasteiger partial charge in [-0.05, 0) is 35.4 Å². The summed E-state index contributed by atoms with van der Waals surface area (Å²) in [6.45, 7) is 2.42. The van der Waals surface area contributed by atoms with Crippen molar-refractivity contribution < 1.29 is 78.6 Å². The second-order valence-corrected chi connectivity index (χ2v) is 13.2. The van der Waals surface area contributed by atoms with Crippen LogP contribution in [0.1, 0.15) is 52.0 Å². The Bertz CT molecular complexity index is 1940. The Kier molecular flexibility index (Phi) is 6.80. The fourth-order valence-corrected chi connectivity index (χ4v) is 6.11. The zero-order valence-corrected chi connectivity index (χ0v) is 23.5. The molecule has 0 N–H and O–H groups in total. The molecule has 0 bridgehead atoms. The van der Waals surface area contributed by atoms with Gasteiger partial charge in [-0.1, -0.05) is 26.0 Å². The fraction of sp³-hybridized carbons (Fsp3) is 0.240. The lowest BCUT2D eigenvalue weighted by atomic mass is 9.61. The largest absolute Gasteiger partial charge is 0.534 e. The molecule has 1 aliphatic heterocycles. The predicted molar refractivity (Wildman–Crippen MR) is 128 cm³/mol. The summed E-state index contributed by atoms with van der Waals surface area (Å²) >= 11 is 0. The molecule has 0 unspecified atom stereocenters. The van der Waals surface area contributed by atoms with Gasteiger partial charge >= 0.3 is 37.2 Å². The van der Waals surface area contributed by atoms with E-state index >= 15 is 4.39 Å². The predicted octanol–water partition coefficient (Wildman–Crippen LogP) is 5.80. The van der Waals surface area contributed by atoms with Crippen molar-refractivity contribution in [3.8, 4) is 11.5 Å².